The Bertz CT molecular complexity index is 937. The van der Waals surface area contributed by atoms with Gasteiger partial charge in [-0.1, -0.05) is 0 Å². The predicted octanol–water partition coefficient (Wildman–Crippen LogP) is 3.57. The van der Waals surface area contributed by atoms with Crippen LogP contribution in [0.3, 0.4) is 0 Å². The SMILES string of the molecule is COc1ccc2[nH]cc(CCNC(=O)c3ccc(F)c(F)c3F)c2c1. The minimum absolute atomic E-state index is 0.210. The Kier molecular flexibility index (Phi) is 4.65. The number of nitrogens with one attached hydrogen (secondary N) is 2. The lowest BCUT2D eigenvalue weighted by Gasteiger charge is -2.07. The van der Waals surface area contributed by atoms with Gasteiger partial charge in [0.1, 0.15) is 5.75 Å². The summed E-state index contributed by atoms with van der Waals surface area (Å²) in [5, 5.41) is 3.46. The smallest absolute Gasteiger partial charge is 0.254 e. The number of aromatic nitrogens is 1. The molecule has 130 valence electrons. The van der Waals surface area contributed by atoms with Crippen LogP contribution in [-0.2, 0) is 6.42 Å². The molecule has 0 atom stereocenters. The molecular weight excluding hydrogens is 333 g/mol. The molecule has 1 amide bonds. The maximum Gasteiger partial charge on any atom is 0.254 e. The van der Waals surface area contributed by atoms with Gasteiger partial charge in [0.15, 0.2) is 17.5 Å². The third-order valence-corrected chi connectivity index (χ3v) is 3.93. The lowest BCUT2D eigenvalue weighted by atomic mass is 10.1. The Hall–Kier alpha value is -2.96. The minimum Gasteiger partial charge on any atom is -0.497 e. The van der Waals surface area contributed by atoms with Crippen molar-refractivity contribution < 1.29 is 22.7 Å². The number of halogens is 3. The number of benzene rings is 2. The average molecular weight is 348 g/mol. The molecule has 25 heavy (non-hydrogen) atoms. The van der Waals surface area contributed by atoms with E-state index in [0.29, 0.717) is 12.2 Å². The number of hydrogen-bond acceptors (Lipinski definition) is 2. The maximum atomic E-state index is 13.6. The number of rotatable bonds is 5. The number of aromatic amines is 1. The van der Waals surface area contributed by atoms with Gasteiger partial charge < -0.3 is 15.0 Å². The average Bonchev–Trinajstić information content (AvgIpc) is 3.02. The first-order chi connectivity index (χ1) is 12.0. The zero-order valence-corrected chi connectivity index (χ0v) is 13.3. The molecule has 0 spiro atoms. The standard InChI is InChI=1S/C18H15F3N2O2/c1-25-11-2-5-15-13(8-11)10(9-23-15)6-7-22-18(24)12-3-4-14(19)17(21)16(12)20/h2-5,8-9,23H,6-7H2,1H3,(H,22,24). The molecule has 0 fully saturated rings. The van der Waals surface area contributed by atoms with Crippen molar-refractivity contribution in [3.63, 3.8) is 0 Å². The Labute approximate surface area is 141 Å². The predicted molar refractivity (Wildman–Crippen MR) is 87.2 cm³/mol. The molecule has 0 aliphatic heterocycles. The van der Waals surface area contributed by atoms with E-state index in [4.69, 9.17) is 4.74 Å². The second-order valence-corrected chi connectivity index (χ2v) is 5.45. The number of carbonyl (C=O) groups is 1. The number of H-pyrrole nitrogens is 1. The van der Waals surface area contributed by atoms with Gasteiger partial charge in [-0.3, -0.25) is 4.79 Å². The summed E-state index contributed by atoms with van der Waals surface area (Å²) in [5.74, 6) is -4.57. The van der Waals surface area contributed by atoms with E-state index in [1.807, 2.05) is 24.4 Å². The number of methoxy groups -OCH3 is 1. The summed E-state index contributed by atoms with van der Waals surface area (Å²) in [6.45, 7) is 0.210. The van der Waals surface area contributed by atoms with Crippen molar-refractivity contribution in [1.82, 2.24) is 10.3 Å². The summed E-state index contributed by atoms with van der Waals surface area (Å²) in [6.07, 6.45) is 2.29. The first-order valence-corrected chi connectivity index (χ1v) is 7.57. The Balaban J connectivity index is 1.69. The fourth-order valence-corrected chi connectivity index (χ4v) is 2.60. The van der Waals surface area contributed by atoms with Gasteiger partial charge >= 0.3 is 0 Å². The number of carbonyl (C=O) groups excluding carboxylic acids is 1. The molecule has 2 N–H and O–H groups in total. The van der Waals surface area contributed by atoms with Crippen LogP contribution in [0.5, 0.6) is 5.75 Å². The third-order valence-electron chi connectivity index (χ3n) is 3.93. The highest BCUT2D eigenvalue weighted by molar-refractivity contribution is 5.94. The summed E-state index contributed by atoms with van der Waals surface area (Å²) < 4.78 is 44.9. The van der Waals surface area contributed by atoms with Crippen molar-refractivity contribution in [2.45, 2.75) is 6.42 Å². The second kappa shape index (κ2) is 6.88. The van der Waals surface area contributed by atoms with Crippen LogP contribution >= 0.6 is 0 Å². The van der Waals surface area contributed by atoms with E-state index in [2.05, 4.69) is 10.3 Å². The highest BCUT2D eigenvalue weighted by Gasteiger charge is 2.18. The lowest BCUT2D eigenvalue weighted by molar-refractivity contribution is 0.0949. The Morgan fingerprint density at radius 1 is 1.16 bits per heavy atom. The molecule has 1 aromatic heterocycles. The van der Waals surface area contributed by atoms with E-state index in [1.54, 1.807) is 7.11 Å². The molecule has 1 heterocycles. The van der Waals surface area contributed by atoms with Gasteiger partial charge in [-0.15, -0.1) is 0 Å². The molecule has 0 radical (unpaired) electrons. The van der Waals surface area contributed by atoms with Gasteiger partial charge in [0.2, 0.25) is 0 Å². The lowest BCUT2D eigenvalue weighted by Crippen LogP contribution is -2.27. The van der Waals surface area contributed by atoms with Crippen LogP contribution in [0.2, 0.25) is 0 Å². The molecule has 7 heteroatoms. The highest BCUT2D eigenvalue weighted by atomic mass is 19.2. The molecular formula is C18H15F3N2O2. The van der Waals surface area contributed by atoms with Crippen LogP contribution < -0.4 is 10.1 Å². The summed E-state index contributed by atoms with van der Waals surface area (Å²) >= 11 is 0. The molecule has 0 aliphatic rings. The van der Waals surface area contributed by atoms with E-state index in [1.165, 1.54) is 0 Å². The van der Waals surface area contributed by atoms with Crippen LogP contribution in [0.1, 0.15) is 15.9 Å². The monoisotopic (exact) mass is 348 g/mol. The molecule has 0 saturated heterocycles. The van der Waals surface area contributed by atoms with Gasteiger partial charge in [-0.05, 0) is 42.3 Å². The van der Waals surface area contributed by atoms with E-state index in [0.717, 1.165) is 28.6 Å². The number of ether oxygens (including phenoxy) is 1. The maximum absolute atomic E-state index is 13.6. The van der Waals surface area contributed by atoms with Crippen LogP contribution in [0, 0.1) is 17.5 Å². The van der Waals surface area contributed by atoms with Gasteiger partial charge in [0, 0.05) is 23.6 Å². The van der Waals surface area contributed by atoms with Gasteiger partial charge in [0.25, 0.3) is 5.91 Å². The van der Waals surface area contributed by atoms with Crippen molar-refractivity contribution in [1.29, 1.82) is 0 Å². The van der Waals surface area contributed by atoms with E-state index in [-0.39, 0.29) is 6.54 Å². The molecule has 3 aromatic rings. The summed E-state index contributed by atoms with van der Waals surface area (Å²) in [7, 11) is 1.57. The topological polar surface area (TPSA) is 54.1 Å². The van der Waals surface area contributed by atoms with Crippen molar-refractivity contribution in [2.24, 2.45) is 0 Å². The molecule has 4 nitrogen and oxygen atoms in total. The van der Waals surface area contributed by atoms with Crippen LogP contribution in [0.15, 0.2) is 36.5 Å². The fraction of sp³-hybridized carbons (Fsp3) is 0.167. The summed E-state index contributed by atoms with van der Waals surface area (Å²) in [6, 6.07) is 7.22. The van der Waals surface area contributed by atoms with Gasteiger partial charge in [-0.25, -0.2) is 13.2 Å². The molecule has 0 bridgehead atoms. The first-order valence-electron chi connectivity index (χ1n) is 7.57. The van der Waals surface area contributed by atoms with Crippen LogP contribution in [0.25, 0.3) is 10.9 Å². The van der Waals surface area contributed by atoms with Crippen molar-refractivity contribution in [3.8, 4) is 5.75 Å². The molecule has 0 unspecified atom stereocenters. The fourth-order valence-electron chi connectivity index (χ4n) is 2.60. The summed E-state index contributed by atoms with van der Waals surface area (Å²) in [5.41, 5.74) is 1.34. The minimum atomic E-state index is -1.66. The number of fused-ring (bicyclic) bond motifs is 1. The highest BCUT2D eigenvalue weighted by Crippen LogP contribution is 2.23. The van der Waals surface area contributed by atoms with E-state index >= 15 is 0 Å². The zero-order valence-electron chi connectivity index (χ0n) is 13.3. The van der Waals surface area contributed by atoms with Crippen molar-refractivity contribution in [3.05, 3.63) is 65.1 Å². The van der Waals surface area contributed by atoms with E-state index < -0.39 is 28.9 Å². The van der Waals surface area contributed by atoms with Gasteiger partial charge in [0.05, 0.1) is 12.7 Å². The molecule has 3 rings (SSSR count). The van der Waals surface area contributed by atoms with Gasteiger partial charge in [-0.2, -0.15) is 0 Å². The quantitative estimate of drug-likeness (QED) is 0.693. The first kappa shape index (κ1) is 16.9. The largest absolute Gasteiger partial charge is 0.497 e. The second-order valence-electron chi connectivity index (χ2n) is 5.45. The van der Waals surface area contributed by atoms with Crippen molar-refractivity contribution in [2.75, 3.05) is 13.7 Å². The molecule has 0 saturated carbocycles. The van der Waals surface area contributed by atoms with Crippen LogP contribution in [-0.4, -0.2) is 24.5 Å². The molecule has 0 aliphatic carbocycles. The van der Waals surface area contributed by atoms with Crippen molar-refractivity contribution >= 4 is 16.8 Å². The Morgan fingerprint density at radius 2 is 1.96 bits per heavy atom. The number of amides is 1. The number of hydrogen-bond donors (Lipinski definition) is 2. The van der Waals surface area contributed by atoms with Crippen LogP contribution in [0.4, 0.5) is 13.2 Å². The Morgan fingerprint density at radius 3 is 2.72 bits per heavy atom. The third kappa shape index (κ3) is 3.31. The normalized spacial score (nSPS) is 10.9. The molecule has 2 aromatic carbocycles. The van der Waals surface area contributed by atoms with E-state index in [9.17, 15) is 18.0 Å². The zero-order chi connectivity index (χ0) is 18.0. The summed E-state index contributed by atoms with van der Waals surface area (Å²) in [4.78, 5) is 15.1.